The number of aromatic nitrogens is 4. The predicted octanol–water partition coefficient (Wildman–Crippen LogP) is 1.47. The fourth-order valence-corrected chi connectivity index (χ4v) is 3.50. The van der Waals surface area contributed by atoms with Gasteiger partial charge in [0.15, 0.2) is 0 Å². The molecule has 2 amide bonds. The van der Waals surface area contributed by atoms with Gasteiger partial charge in [-0.1, -0.05) is 25.1 Å². The van der Waals surface area contributed by atoms with Crippen molar-refractivity contribution in [2.75, 3.05) is 48.3 Å². The Kier molecular flexibility index (Phi) is 7.23. The maximum atomic E-state index is 12.6. The lowest BCUT2D eigenvalue weighted by Gasteiger charge is -2.34. The Labute approximate surface area is 196 Å². The van der Waals surface area contributed by atoms with Crippen LogP contribution in [0, 0.1) is 0 Å². The van der Waals surface area contributed by atoms with E-state index in [1.54, 1.807) is 23.2 Å². The molecule has 1 aliphatic heterocycles. The number of benzene rings is 1. The van der Waals surface area contributed by atoms with Crippen molar-refractivity contribution >= 4 is 35.2 Å². The maximum absolute atomic E-state index is 12.6. The van der Waals surface area contributed by atoms with Gasteiger partial charge in [0.1, 0.15) is 18.2 Å². The zero-order chi connectivity index (χ0) is 23.9. The van der Waals surface area contributed by atoms with Gasteiger partial charge in [0, 0.05) is 50.0 Å². The van der Waals surface area contributed by atoms with Crippen LogP contribution in [0.15, 0.2) is 48.7 Å². The average Bonchev–Trinajstić information content (AvgIpc) is 2.88. The molecule has 1 aliphatic rings. The number of rotatable bonds is 7. The molecule has 0 atom stereocenters. The number of para-hydroxylation sites is 1. The SMILES string of the molecule is CCc1nc(Nc2cc(C(=O)Nc3ccccc3)ccn2)nc(N2CCN(C(=O)CO)CC2)n1. The third-order valence-corrected chi connectivity index (χ3v) is 5.33. The van der Waals surface area contributed by atoms with Crippen LogP contribution in [0.3, 0.4) is 0 Å². The third-order valence-electron chi connectivity index (χ3n) is 5.33. The zero-order valence-corrected chi connectivity index (χ0v) is 18.8. The molecule has 4 rings (SSSR count). The molecule has 0 aliphatic carbocycles. The van der Waals surface area contributed by atoms with E-state index in [-0.39, 0.29) is 11.8 Å². The molecule has 3 aromatic rings. The second-order valence-electron chi connectivity index (χ2n) is 7.63. The van der Waals surface area contributed by atoms with Gasteiger partial charge in [-0.25, -0.2) is 4.98 Å². The van der Waals surface area contributed by atoms with Crippen molar-refractivity contribution in [2.45, 2.75) is 13.3 Å². The summed E-state index contributed by atoms with van der Waals surface area (Å²) in [5, 5.41) is 15.0. The highest BCUT2D eigenvalue weighted by molar-refractivity contribution is 6.04. The van der Waals surface area contributed by atoms with Crippen LogP contribution in [0.4, 0.5) is 23.4 Å². The number of aryl methyl sites for hydroxylation is 1. The highest BCUT2D eigenvalue weighted by atomic mass is 16.3. The van der Waals surface area contributed by atoms with Gasteiger partial charge >= 0.3 is 0 Å². The molecule has 0 spiro atoms. The minimum atomic E-state index is -0.491. The Morgan fingerprint density at radius 3 is 2.50 bits per heavy atom. The van der Waals surface area contributed by atoms with E-state index in [2.05, 4.69) is 30.6 Å². The number of nitrogens with one attached hydrogen (secondary N) is 2. The molecule has 11 nitrogen and oxygen atoms in total. The number of anilines is 4. The molecule has 0 unspecified atom stereocenters. The number of piperazine rings is 1. The van der Waals surface area contributed by atoms with E-state index in [1.165, 1.54) is 0 Å². The largest absolute Gasteiger partial charge is 0.387 e. The number of hydrogen-bond donors (Lipinski definition) is 3. The first-order chi connectivity index (χ1) is 16.6. The summed E-state index contributed by atoms with van der Waals surface area (Å²) >= 11 is 0. The molecule has 1 fully saturated rings. The molecular formula is C23H26N8O3. The Bertz CT molecular complexity index is 1150. The molecule has 1 saturated heterocycles. The van der Waals surface area contributed by atoms with Crippen molar-refractivity contribution in [1.29, 1.82) is 0 Å². The first-order valence-corrected chi connectivity index (χ1v) is 11.0. The van der Waals surface area contributed by atoms with E-state index >= 15 is 0 Å². The van der Waals surface area contributed by atoms with Gasteiger partial charge in [-0.15, -0.1) is 0 Å². The highest BCUT2D eigenvalue weighted by Crippen LogP contribution is 2.18. The summed E-state index contributed by atoms with van der Waals surface area (Å²) in [4.78, 5) is 45.7. The molecule has 3 N–H and O–H groups in total. The number of aliphatic hydroxyl groups excluding tert-OH is 1. The van der Waals surface area contributed by atoms with Gasteiger partial charge in [0.05, 0.1) is 0 Å². The normalized spacial score (nSPS) is 13.5. The lowest BCUT2D eigenvalue weighted by atomic mass is 10.2. The number of pyridine rings is 1. The van der Waals surface area contributed by atoms with Gasteiger partial charge in [-0.3, -0.25) is 9.59 Å². The minimum absolute atomic E-state index is 0.252. The first kappa shape index (κ1) is 23.1. The molecular weight excluding hydrogens is 436 g/mol. The van der Waals surface area contributed by atoms with Gasteiger partial charge in [-0.05, 0) is 24.3 Å². The van der Waals surface area contributed by atoms with E-state index in [1.807, 2.05) is 42.2 Å². The summed E-state index contributed by atoms with van der Waals surface area (Å²) in [7, 11) is 0. The first-order valence-electron chi connectivity index (χ1n) is 11.0. The summed E-state index contributed by atoms with van der Waals surface area (Å²) in [5.74, 6) is 1.33. The molecule has 11 heteroatoms. The van der Waals surface area contributed by atoms with Crippen LogP contribution < -0.4 is 15.5 Å². The lowest BCUT2D eigenvalue weighted by molar-refractivity contribution is -0.134. The molecule has 3 heterocycles. The summed E-state index contributed by atoms with van der Waals surface area (Å²) < 4.78 is 0. The quantitative estimate of drug-likeness (QED) is 0.477. The smallest absolute Gasteiger partial charge is 0.255 e. The molecule has 0 bridgehead atoms. The number of nitrogens with zero attached hydrogens (tertiary/aromatic N) is 6. The molecule has 0 radical (unpaired) electrons. The van der Waals surface area contributed by atoms with Crippen LogP contribution in [-0.2, 0) is 11.2 Å². The molecule has 0 saturated carbocycles. The van der Waals surface area contributed by atoms with Gasteiger partial charge in [0.2, 0.25) is 17.8 Å². The van der Waals surface area contributed by atoms with E-state index in [0.29, 0.717) is 67.4 Å². The van der Waals surface area contributed by atoms with Crippen molar-refractivity contribution in [3.63, 3.8) is 0 Å². The van der Waals surface area contributed by atoms with Crippen LogP contribution in [0.1, 0.15) is 23.1 Å². The van der Waals surface area contributed by atoms with Gasteiger partial charge in [0.25, 0.3) is 5.91 Å². The average molecular weight is 463 g/mol. The fraction of sp³-hybridized carbons (Fsp3) is 0.304. The number of carbonyl (C=O) groups is 2. The van der Waals surface area contributed by atoms with E-state index in [0.717, 1.165) is 0 Å². The van der Waals surface area contributed by atoms with Crippen molar-refractivity contribution in [2.24, 2.45) is 0 Å². The van der Waals surface area contributed by atoms with Gasteiger partial charge < -0.3 is 25.5 Å². The Balaban J connectivity index is 1.48. The molecule has 176 valence electrons. The second kappa shape index (κ2) is 10.7. The molecule has 1 aromatic carbocycles. The van der Waals surface area contributed by atoms with Crippen LogP contribution in [0.25, 0.3) is 0 Å². The Morgan fingerprint density at radius 1 is 1.03 bits per heavy atom. The van der Waals surface area contributed by atoms with Crippen molar-refractivity contribution in [3.8, 4) is 0 Å². The van der Waals surface area contributed by atoms with Crippen molar-refractivity contribution in [3.05, 3.63) is 60.0 Å². The van der Waals surface area contributed by atoms with E-state index in [9.17, 15) is 9.59 Å². The standard InChI is InChI=1S/C23H26N8O3/c1-2-18-26-22(29-23(28-18)31-12-10-30(11-13-31)20(33)15-32)27-19-14-16(8-9-24-19)21(34)25-17-6-4-3-5-7-17/h3-9,14,32H,2,10-13,15H2,1H3,(H,25,34)(H,24,26,27,28,29). The van der Waals surface area contributed by atoms with Crippen LogP contribution in [0.2, 0.25) is 0 Å². The van der Waals surface area contributed by atoms with Crippen LogP contribution in [-0.4, -0.2) is 74.5 Å². The summed E-state index contributed by atoms with van der Waals surface area (Å²) in [6.45, 7) is 3.52. The number of amides is 2. The summed E-state index contributed by atoms with van der Waals surface area (Å²) in [6, 6.07) is 12.5. The Hall–Kier alpha value is -4.12. The maximum Gasteiger partial charge on any atom is 0.255 e. The van der Waals surface area contributed by atoms with E-state index < -0.39 is 6.61 Å². The summed E-state index contributed by atoms with van der Waals surface area (Å²) in [5.41, 5.74) is 1.14. The molecule has 34 heavy (non-hydrogen) atoms. The summed E-state index contributed by atoms with van der Waals surface area (Å²) in [6.07, 6.45) is 2.16. The number of carbonyl (C=O) groups excluding carboxylic acids is 2. The number of aliphatic hydroxyl groups is 1. The van der Waals surface area contributed by atoms with E-state index in [4.69, 9.17) is 5.11 Å². The van der Waals surface area contributed by atoms with Crippen LogP contribution in [0.5, 0.6) is 0 Å². The second-order valence-corrected chi connectivity index (χ2v) is 7.63. The van der Waals surface area contributed by atoms with Crippen molar-refractivity contribution < 1.29 is 14.7 Å². The topological polar surface area (TPSA) is 136 Å². The zero-order valence-electron chi connectivity index (χ0n) is 18.8. The third kappa shape index (κ3) is 5.62. The van der Waals surface area contributed by atoms with Crippen LogP contribution >= 0.6 is 0 Å². The monoisotopic (exact) mass is 462 g/mol. The minimum Gasteiger partial charge on any atom is -0.387 e. The predicted molar refractivity (Wildman–Crippen MR) is 127 cm³/mol. The Morgan fingerprint density at radius 2 is 1.79 bits per heavy atom. The fourth-order valence-electron chi connectivity index (χ4n) is 3.50. The molecule has 2 aromatic heterocycles. The van der Waals surface area contributed by atoms with Crippen molar-refractivity contribution in [1.82, 2.24) is 24.8 Å². The van der Waals surface area contributed by atoms with Gasteiger partial charge in [-0.2, -0.15) is 15.0 Å². The number of hydrogen-bond acceptors (Lipinski definition) is 9. The lowest BCUT2D eigenvalue weighted by Crippen LogP contribution is -2.50. The highest BCUT2D eigenvalue weighted by Gasteiger charge is 2.23.